The third kappa shape index (κ3) is 2.83. The van der Waals surface area contributed by atoms with Crippen LogP contribution in [-0.2, 0) is 4.74 Å². The molecule has 80 valence electrons. The van der Waals surface area contributed by atoms with E-state index in [-0.39, 0.29) is 13.2 Å². The summed E-state index contributed by atoms with van der Waals surface area (Å²) in [4.78, 5) is 10.3. The number of nitrogens with one attached hydrogen (secondary N) is 1. The van der Waals surface area contributed by atoms with Crippen LogP contribution in [0.15, 0.2) is 12.4 Å². The van der Waals surface area contributed by atoms with E-state index in [2.05, 4.69) is 5.53 Å². The smallest absolute Gasteiger partial charge is 0.182 e. The van der Waals surface area contributed by atoms with Crippen molar-refractivity contribution in [2.24, 2.45) is 0 Å². The summed E-state index contributed by atoms with van der Waals surface area (Å²) in [6, 6.07) is 0. The molecule has 0 saturated carbocycles. The zero-order chi connectivity index (χ0) is 10.6. The lowest BCUT2D eigenvalue weighted by Crippen LogP contribution is -2.45. The van der Waals surface area contributed by atoms with E-state index in [0.29, 0.717) is 5.12 Å². The second kappa shape index (κ2) is 4.74. The van der Waals surface area contributed by atoms with E-state index in [1.54, 1.807) is 0 Å². The van der Waals surface area contributed by atoms with Crippen molar-refractivity contribution in [2.75, 3.05) is 20.3 Å². The minimum absolute atomic E-state index is 0.185. The van der Waals surface area contributed by atoms with Crippen molar-refractivity contribution in [1.29, 1.82) is 0 Å². The number of hydrogen-bond donors (Lipinski definition) is 2. The molecule has 0 bridgehead atoms. The SMILES string of the molecule is COCC(O)CN1C=CN([N+](=O)[O-])N1. The molecule has 2 N–H and O–H groups in total. The van der Waals surface area contributed by atoms with Crippen LogP contribution in [0.5, 0.6) is 0 Å². The maximum absolute atomic E-state index is 10.3. The van der Waals surface area contributed by atoms with Gasteiger partial charge in [-0.15, -0.1) is 0 Å². The lowest BCUT2D eigenvalue weighted by molar-refractivity contribution is -0.657. The maximum Gasteiger partial charge on any atom is 0.182 e. The minimum atomic E-state index is -0.691. The number of methoxy groups -OCH3 is 1. The number of β-amino-alcohol motifs (C(OH)–C–C–N with tert-alkyl or cyclic N) is 1. The lowest BCUT2D eigenvalue weighted by Gasteiger charge is -2.19. The molecular formula is C6H12N4O4. The van der Waals surface area contributed by atoms with Gasteiger partial charge in [-0.05, 0) is 5.12 Å². The molecule has 0 aliphatic carbocycles. The summed E-state index contributed by atoms with van der Waals surface area (Å²) < 4.78 is 4.71. The topological polar surface area (TPSA) is 91.1 Å². The highest BCUT2D eigenvalue weighted by Gasteiger charge is 2.21. The second-order valence-electron chi connectivity index (χ2n) is 2.74. The fraction of sp³-hybridized carbons (Fsp3) is 0.667. The summed E-state index contributed by atoms with van der Waals surface area (Å²) in [7, 11) is 1.47. The van der Waals surface area contributed by atoms with E-state index in [4.69, 9.17) is 4.74 Å². The van der Waals surface area contributed by atoms with E-state index < -0.39 is 11.1 Å². The highest BCUT2D eigenvalue weighted by Crippen LogP contribution is 2.01. The zero-order valence-electron chi connectivity index (χ0n) is 7.66. The monoisotopic (exact) mass is 204 g/mol. The van der Waals surface area contributed by atoms with Gasteiger partial charge in [0.25, 0.3) is 0 Å². The molecule has 1 unspecified atom stereocenters. The van der Waals surface area contributed by atoms with Gasteiger partial charge >= 0.3 is 0 Å². The van der Waals surface area contributed by atoms with Crippen LogP contribution < -0.4 is 5.53 Å². The summed E-state index contributed by atoms with van der Waals surface area (Å²) in [5.41, 5.74) is 2.42. The zero-order valence-corrected chi connectivity index (χ0v) is 7.66. The first-order chi connectivity index (χ1) is 6.63. The Balaban J connectivity index is 2.30. The van der Waals surface area contributed by atoms with Crippen LogP contribution in [0.4, 0.5) is 0 Å². The molecule has 0 saturated heterocycles. The molecule has 0 radical (unpaired) electrons. The predicted octanol–water partition coefficient (Wildman–Crippen LogP) is -1.31. The summed E-state index contributed by atoms with van der Waals surface area (Å²) in [5, 5.41) is 21.0. The highest BCUT2D eigenvalue weighted by molar-refractivity contribution is 4.83. The van der Waals surface area contributed by atoms with Gasteiger partial charge in [-0.1, -0.05) is 5.53 Å². The average Bonchev–Trinajstić information content (AvgIpc) is 2.53. The number of ether oxygens (including phenoxy) is 1. The number of nitro groups is 1. The first kappa shape index (κ1) is 10.7. The Labute approximate surface area is 80.4 Å². The van der Waals surface area contributed by atoms with Crippen LogP contribution in [0.1, 0.15) is 0 Å². The summed E-state index contributed by atoms with van der Waals surface area (Å²) in [6.07, 6.45) is 2.02. The number of aliphatic hydroxyl groups is 1. The molecule has 0 amide bonds. The Kier molecular flexibility index (Phi) is 3.63. The van der Waals surface area contributed by atoms with E-state index in [0.717, 1.165) is 0 Å². The molecule has 0 aromatic heterocycles. The third-order valence-electron chi connectivity index (χ3n) is 1.56. The van der Waals surface area contributed by atoms with Crippen LogP contribution in [-0.4, -0.2) is 46.6 Å². The van der Waals surface area contributed by atoms with Gasteiger partial charge < -0.3 is 9.84 Å². The fourth-order valence-electron chi connectivity index (χ4n) is 1.01. The molecule has 0 aromatic carbocycles. The van der Waals surface area contributed by atoms with Crippen molar-refractivity contribution in [2.45, 2.75) is 6.10 Å². The Morgan fingerprint density at radius 1 is 1.71 bits per heavy atom. The Morgan fingerprint density at radius 2 is 2.43 bits per heavy atom. The number of hydrazine groups is 3. The van der Waals surface area contributed by atoms with Crippen LogP contribution in [0.3, 0.4) is 0 Å². The van der Waals surface area contributed by atoms with E-state index >= 15 is 0 Å². The van der Waals surface area contributed by atoms with Crippen molar-refractivity contribution < 1.29 is 14.9 Å². The van der Waals surface area contributed by atoms with Gasteiger partial charge in [-0.3, -0.25) is 5.01 Å². The van der Waals surface area contributed by atoms with E-state index in [9.17, 15) is 15.2 Å². The Morgan fingerprint density at radius 3 is 2.93 bits per heavy atom. The molecule has 1 aliphatic heterocycles. The summed E-state index contributed by atoms with van der Waals surface area (Å²) >= 11 is 0. The second-order valence-corrected chi connectivity index (χ2v) is 2.74. The normalized spacial score (nSPS) is 17.6. The molecule has 1 heterocycles. The fourth-order valence-corrected chi connectivity index (χ4v) is 1.01. The first-order valence-corrected chi connectivity index (χ1v) is 3.95. The molecule has 1 atom stereocenters. The maximum atomic E-state index is 10.3. The van der Waals surface area contributed by atoms with E-state index in [1.807, 2.05) is 0 Å². The minimum Gasteiger partial charge on any atom is -0.389 e. The van der Waals surface area contributed by atoms with Crippen LogP contribution in [0, 0.1) is 10.1 Å². The van der Waals surface area contributed by atoms with Gasteiger partial charge in [0, 0.05) is 13.3 Å². The number of nitrogens with zero attached hydrogens (tertiary/aromatic N) is 3. The standard InChI is InChI=1S/C6H12N4O4/c1-14-5-6(11)4-8-2-3-9(7-8)10(12)13/h2-3,6-7,11H,4-5H2,1H3. The Bertz CT molecular complexity index is 234. The average molecular weight is 204 g/mol. The molecular weight excluding hydrogens is 192 g/mol. The van der Waals surface area contributed by atoms with Gasteiger partial charge in [-0.2, -0.15) is 0 Å². The van der Waals surface area contributed by atoms with Gasteiger partial charge in [0.05, 0.1) is 19.3 Å². The van der Waals surface area contributed by atoms with Crippen molar-refractivity contribution >= 4 is 0 Å². The Hall–Kier alpha value is -1.38. The quantitative estimate of drug-likeness (QED) is 0.424. The first-order valence-electron chi connectivity index (χ1n) is 3.95. The molecule has 1 aliphatic rings. The summed E-state index contributed by atoms with van der Waals surface area (Å²) in [6.45, 7) is 0.402. The molecule has 8 nitrogen and oxygen atoms in total. The van der Waals surface area contributed by atoms with Crippen molar-refractivity contribution in [1.82, 2.24) is 15.7 Å². The van der Waals surface area contributed by atoms with Gasteiger partial charge in [0.1, 0.15) is 6.20 Å². The van der Waals surface area contributed by atoms with Crippen molar-refractivity contribution in [3.05, 3.63) is 22.5 Å². The van der Waals surface area contributed by atoms with Crippen LogP contribution in [0.25, 0.3) is 0 Å². The third-order valence-corrected chi connectivity index (χ3v) is 1.56. The predicted molar refractivity (Wildman–Crippen MR) is 45.7 cm³/mol. The number of hydrogen-bond acceptors (Lipinski definition) is 6. The number of aliphatic hydroxyl groups excluding tert-OH is 1. The molecule has 14 heavy (non-hydrogen) atoms. The largest absolute Gasteiger partial charge is 0.389 e. The van der Waals surface area contributed by atoms with Crippen LogP contribution in [0.2, 0.25) is 0 Å². The molecule has 8 heteroatoms. The molecule has 0 fully saturated rings. The molecule has 0 spiro atoms. The lowest BCUT2D eigenvalue weighted by atomic mass is 10.4. The van der Waals surface area contributed by atoms with Gasteiger partial charge in [-0.25, -0.2) is 10.1 Å². The molecule has 0 aromatic rings. The van der Waals surface area contributed by atoms with Gasteiger partial charge in [0.15, 0.2) is 5.03 Å². The van der Waals surface area contributed by atoms with E-state index in [1.165, 1.54) is 24.5 Å². The highest BCUT2D eigenvalue weighted by atomic mass is 16.7. The van der Waals surface area contributed by atoms with Crippen LogP contribution >= 0.6 is 0 Å². The number of rotatable bonds is 5. The van der Waals surface area contributed by atoms with Crippen molar-refractivity contribution in [3.8, 4) is 0 Å². The van der Waals surface area contributed by atoms with Gasteiger partial charge in [0.2, 0.25) is 0 Å². The molecule has 1 rings (SSSR count). The van der Waals surface area contributed by atoms with Crippen molar-refractivity contribution in [3.63, 3.8) is 0 Å². The summed E-state index contributed by atoms with van der Waals surface area (Å²) in [5.74, 6) is 0.